The molecule has 48 heavy (non-hydrogen) atoms. The maximum absolute atomic E-state index is 14.6. The molecule has 5 aromatic rings. The predicted molar refractivity (Wildman–Crippen MR) is 193 cm³/mol. The van der Waals surface area contributed by atoms with Gasteiger partial charge in [0.1, 0.15) is 5.75 Å². The van der Waals surface area contributed by atoms with Gasteiger partial charge >= 0.3 is 0 Å². The topological polar surface area (TPSA) is 92.2 Å². The number of rotatable bonds is 13. The Morgan fingerprint density at radius 3 is 2.19 bits per heavy atom. The number of carbonyl (C=O) groups is 1. The Kier molecular flexibility index (Phi) is 10.9. The maximum atomic E-state index is 14.6. The molecule has 7 nitrogen and oxygen atoms in total. The minimum absolute atomic E-state index is 0.0609. The first-order chi connectivity index (χ1) is 23.5. The lowest BCUT2D eigenvalue weighted by Gasteiger charge is -2.31. The van der Waals surface area contributed by atoms with Gasteiger partial charge in [-0.15, -0.1) is 0 Å². The minimum Gasteiger partial charge on any atom is -0.494 e. The summed E-state index contributed by atoms with van der Waals surface area (Å²) < 4.78 is 13.3. The van der Waals surface area contributed by atoms with Crippen molar-refractivity contribution in [1.29, 1.82) is 0 Å². The number of aliphatic hydroxyl groups excluding tert-OH is 1. The smallest absolute Gasteiger partial charge is 0.266 e. The first kappa shape index (κ1) is 33.4. The van der Waals surface area contributed by atoms with Gasteiger partial charge in [0.05, 0.1) is 6.61 Å². The van der Waals surface area contributed by atoms with Crippen LogP contribution in [0.15, 0.2) is 137 Å². The fourth-order valence-corrected chi connectivity index (χ4v) is 6.29. The number of nitrogens with zero attached hydrogens (tertiary/aromatic N) is 1. The van der Waals surface area contributed by atoms with E-state index in [1.807, 2.05) is 115 Å². The number of hydrogen-bond acceptors (Lipinski definition) is 6. The zero-order valence-corrected chi connectivity index (χ0v) is 28.5. The van der Waals surface area contributed by atoms with E-state index < -0.39 is 11.6 Å². The fraction of sp³-hybridized carbons (Fsp3) is 0.179. The van der Waals surface area contributed by atoms with E-state index in [4.69, 9.17) is 31.2 Å². The van der Waals surface area contributed by atoms with Crippen LogP contribution in [0.25, 0.3) is 11.1 Å². The van der Waals surface area contributed by atoms with Crippen molar-refractivity contribution in [1.82, 2.24) is 10.9 Å². The molecule has 0 saturated heterocycles. The van der Waals surface area contributed by atoms with E-state index in [1.54, 1.807) is 0 Å². The Morgan fingerprint density at radius 1 is 0.833 bits per heavy atom. The highest BCUT2D eigenvalue weighted by Gasteiger charge is 2.53. The second kappa shape index (κ2) is 15.6. The SMILES string of the molecule is O=C(NNCc1ccccc1Cl)[C@@]1(Cc2ccccc2Br)N=C(c2ccc(OCCCO)cc2)O[C@H]1c1ccc(-c2ccccc2)cc1. The van der Waals surface area contributed by atoms with Gasteiger partial charge in [-0.1, -0.05) is 119 Å². The number of hydrogen-bond donors (Lipinski definition) is 3. The summed E-state index contributed by atoms with van der Waals surface area (Å²) in [7, 11) is 0. The van der Waals surface area contributed by atoms with Crippen LogP contribution >= 0.6 is 27.5 Å². The number of amides is 1. The van der Waals surface area contributed by atoms with Crippen molar-refractivity contribution in [2.24, 2.45) is 4.99 Å². The number of hydrazine groups is 1. The average molecular weight is 725 g/mol. The van der Waals surface area contributed by atoms with Crippen LogP contribution in [-0.4, -0.2) is 35.7 Å². The molecule has 0 saturated carbocycles. The number of aliphatic imine (C=N–C) groups is 1. The van der Waals surface area contributed by atoms with Crippen LogP contribution in [-0.2, 0) is 22.5 Å². The summed E-state index contributed by atoms with van der Waals surface area (Å²) >= 11 is 10.1. The molecule has 6 rings (SSSR count). The Morgan fingerprint density at radius 2 is 1.48 bits per heavy atom. The van der Waals surface area contributed by atoms with Crippen molar-refractivity contribution in [2.75, 3.05) is 13.2 Å². The summed E-state index contributed by atoms with van der Waals surface area (Å²) in [4.78, 5) is 19.7. The molecule has 0 spiro atoms. The predicted octanol–water partition coefficient (Wildman–Crippen LogP) is 7.85. The molecule has 244 valence electrons. The molecule has 5 aromatic carbocycles. The number of aliphatic hydroxyl groups is 1. The quantitative estimate of drug-likeness (QED) is 0.0850. The highest BCUT2D eigenvalue weighted by atomic mass is 79.9. The lowest BCUT2D eigenvalue weighted by atomic mass is 9.82. The Bertz CT molecular complexity index is 1870. The molecule has 0 aliphatic carbocycles. The van der Waals surface area contributed by atoms with Crippen molar-refractivity contribution in [3.8, 4) is 16.9 Å². The number of carbonyl (C=O) groups excluding carboxylic acids is 1. The van der Waals surface area contributed by atoms with E-state index in [2.05, 4.69) is 38.9 Å². The van der Waals surface area contributed by atoms with Gasteiger partial charge in [0, 0.05) is 41.1 Å². The highest BCUT2D eigenvalue weighted by molar-refractivity contribution is 9.10. The van der Waals surface area contributed by atoms with Crippen molar-refractivity contribution in [3.05, 3.63) is 159 Å². The van der Waals surface area contributed by atoms with E-state index in [9.17, 15) is 4.79 Å². The molecule has 1 heterocycles. The van der Waals surface area contributed by atoms with Crippen LogP contribution in [0.1, 0.15) is 34.8 Å². The maximum Gasteiger partial charge on any atom is 0.266 e. The van der Waals surface area contributed by atoms with Gasteiger partial charge in [-0.25, -0.2) is 10.4 Å². The molecule has 0 bridgehead atoms. The fourth-order valence-electron chi connectivity index (χ4n) is 5.67. The highest BCUT2D eigenvalue weighted by Crippen LogP contribution is 2.43. The standard InChI is InChI=1S/C39H35BrClN3O4/c40-34-13-6-4-11-31(34)25-39(38(46)44-42-26-32-12-5-7-14-35(32)41)36(29-17-15-28(16-18-29)27-9-2-1-3-10-27)48-37(43-39)30-19-21-33(22-20-30)47-24-8-23-45/h1-7,9-22,36,42,45H,8,23-26H2,(H,44,46)/t36-,39-/m0/s1. The van der Waals surface area contributed by atoms with Crippen molar-refractivity contribution < 1.29 is 19.4 Å². The Hall–Kier alpha value is -4.47. The third-order valence-electron chi connectivity index (χ3n) is 8.21. The minimum atomic E-state index is -1.39. The van der Waals surface area contributed by atoms with Crippen LogP contribution in [0.2, 0.25) is 5.02 Å². The number of ether oxygens (including phenoxy) is 2. The summed E-state index contributed by atoms with van der Waals surface area (Å²) in [6.45, 7) is 0.790. The lowest BCUT2D eigenvalue weighted by molar-refractivity contribution is -0.130. The van der Waals surface area contributed by atoms with Gasteiger partial charge in [0.25, 0.3) is 5.91 Å². The summed E-state index contributed by atoms with van der Waals surface area (Å²) in [5.41, 5.74) is 10.0. The van der Waals surface area contributed by atoms with Gasteiger partial charge in [-0.05, 0) is 64.2 Å². The summed E-state index contributed by atoms with van der Waals surface area (Å²) in [5.74, 6) is 0.670. The number of nitrogens with one attached hydrogen (secondary N) is 2. The van der Waals surface area contributed by atoms with Gasteiger partial charge in [-0.3, -0.25) is 10.2 Å². The summed E-state index contributed by atoms with van der Waals surface area (Å²) in [5, 5.41) is 9.71. The lowest BCUT2D eigenvalue weighted by Crippen LogP contribution is -2.53. The zero-order valence-electron chi connectivity index (χ0n) is 26.1. The molecule has 1 aliphatic rings. The normalized spacial score (nSPS) is 17.0. The third-order valence-corrected chi connectivity index (χ3v) is 9.35. The van der Waals surface area contributed by atoms with E-state index in [0.717, 1.165) is 32.3 Å². The molecule has 3 N–H and O–H groups in total. The Labute approximate surface area is 293 Å². The largest absolute Gasteiger partial charge is 0.494 e. The van der Waals surface area contributed by atoms with Gasteiger partial charge in [0.15, 0.2) is 11.6 Å². The molecule has 2 atom stereocenters. The molecule has 1 amide bonds. The number of benzene rings is 5. The summed E-state index contributed by atoms with van der Waals surface area (Å²) in [6, 6.07) is 40.9. The molecule has 0 fully saturated rings. The van der Waals surface area contributed by atoms with Crippen LogP contribution in [0, 0.1) is 0 Å². The molecule has 1 aliphatic heterocycles. The zero-order chi connectivity index (χ0) is 33.3. The number of halogens is 2. The second-order valence-electron chi connectivity index (χ2n) is 11.4. The third kappa shape index (κ3) is 7.63. The summed E-state index contributed by atoms with van der Waals surface area (Å²) in [6.07, 6.45) is 0.0387. The van der Waals surface area contributed by atoms with Crippen LogP contribution in [0.3, 0.4) is 0 Å². The molecule has 0 aromatic heterocycles. The first-order valence-electron chi connectivity index (χ1n) is 15.7. The van der Waals surface area contributed by atoms with Gasteiger partial charge in [-0.2, -0.15) is 0 Å². The molecular weight excluding hydrogens is 690 g/mol. The monoisotopic (exact) mass is 723 g/mol. The van der Waals surface area contributed by atoms with Crippen LogP contribution in [0.4, 0.5) is 0 Å². The van der Waals surface area contributed by atoms with Gasteiger partial charge in [0.2, 0.25) is 5.90 Å². The van der Waals surface area contributed by atoms with Crippen LogP contribution in [0.5, 0.6) is 5.75 Å². The van der Waals surface area contributed by atoms with E-state index in [0.29, 0.717) is 41.8 Å². The van der Waals surface area contributed by atoms with E-state index in [1.165, 1.54) is 0 Å². The first-order valence-corrected chi connectivity index (χ1v) is 16.9. The van der Waals surface area contributed by atoms with Crippen molar-refractivity contribution in [2.45, 2.75) is 31.0 Å². The van der Waals surface area contributed by atoms with E-state index in [-0.39, 0.29) is 18.9 Å². The van der Waals surface area contributed by atoms with Crippen LogP contribution < -0.4 is 15.6 Å². The Balaban J connectivity index is 1.39. The molecular formula is C39H35BrClN3O4. The molecule has 9 heteroatoms. The average Bonchev–Trinajstić information content (AvgIpc) is 3.51. The van der Waals surface area contributed by atoms with Gasteiger partial charge < -0.3 is 14.6 Å². The molecule has 0 unspecified atom stereocenters. The second-order valence-corrected chi connectivity index (χ2v) is 12.7. The molecule has 0 radical (unpaired) electrons. The van der Waals surface area contributed by atoms with Crippen molar-refractivity contribution in [3.63, 3.8) is 0 Å². The van der Waals surface area contributed by atoms with E-state index >= 15 is 0 Å². The van der Waals surface area contributed by atoms with Crippen molar-refractivity contribution >= 4 is 39.3 Å².